The van der Waals surface area contributed by atoms with Crippen LogP contribution in [0.15, 0.2) is 83.3 Å². The fourth-order valence-electron chi connectivity index (χ4n) is 3.75. The molecule has 4 nitrogen and oxygen atoms in total. The predicted octanol–water partition coefficient (Wildman–Crippen LogP) is 5.86. The van der Waals surface area contributed by atoms with Crippen LogP contribution in [0.4, 0.5) is 5.95 Å². The first kappa shape index (κ1) is 17.1. The van der Waals surface area contributed by atoms with E-state index in [1.165, 1.54) is 0 Å². The molecule has 1 N–H and O–H groups in total. The zero-order valence-electron chi connectivity index (χ0n) is 15.3. The van der Waals surface area contributed by atoms with Crippen molar-refractivity contribution in [3.8, 4) is 5.75 Å². The number of nitrogens with one attached hydrogen (secondary N) is 1. The van der Waals surface area contributed by atoms with Gasteiger partial charge in [0.1, 0.15) is 5.75 Å². The maximum Gasteiger partial charge on any atom is 0.209 e. The number of ether oxygens (including phenoxy) is 1. The van der Waals surface area contributed by atoms with E-state index >= 15 is 0 Å². The molecule has 1 aliphatic rings. The van der Waals surface area contributed by atoms with Gasteiger partial charge in [0.25, 0.3) is 0 Å². The van der Waals surface area contributed by atoms with E-state index in [-0.39, 0.29) is 6.04 Å². The highest BCUT2D eigenvalue weighted by molar-refractivity contribution is 9.10. The lowest BCUT2D eigenvalue weighted by atomic mass is 10.00. The molecule has 2 heterocycles. The smallest absolute Gasteiger partial charge is 0.209 e. The fourth-order valence-corrected chi connectivity index (χ4v) is 4.01. The topological polar surface area (TPSA) is 39.1 Å². The largest absolute Gasteiger partial charge is 0.496 e. The molecule has 4 aromatic rings. The third-order valence-electron chi connectivity index (χ3n) is 5.06. The summed E-state index contributed by atoms with van der Waals surface area (Å²) in [6, 6.07) is 24.6. The number of anilines is 1. The highest BCUT2D eigenvalue weighted by atomic mass is 79.9. The lowest BCUT2D eigenvalue weighted by Gasteiger charge is -2.27. The number of para-hydroxylation sites is 3. The number of allylic oxidation sites excluding steroid dienone is 1. The van der Waals surface area contributed by atoms with Crippen molar-refractivity contribution in [2.75, 3.05) is 12.4 Å². The van der Waals surface area contributed by atoms with Crippen LogP contribution in [0, 0.1) is 0 Å². The summed E-state index contributed by atoms with van der Waals surface area (Å²) in [5.41, 5.74) is 5.31. The minimum Gasteiger partial charge on any atom is -0.496 e. The van der Waals surface area contributed by atoms with Gasteiger partial charge in [-0.15, -0.1) is 0 Å². The van der Waals surface area contributed by atoms with Gasteiger partial charge in [0.05, 0.1) is 24.2 Å². The number of hydrogen-bond donors (Lipinski definition) is 1. The molecule has 0 radical (unpaired) electrons. The quantitative estimate of drug-likeness (QED) is 0.441. The van der Waals surface area contributed by atoms with E-state index in [1.807, 2.05) is 48.5 Å². The van der Waals surface area contributed by atoms with Crippen LogP contribution in [0.1, 0.15) is 17.2 Å². The number of hydrogen-bond acceptors (Lipinski definition) is 3. The molecule has 0 saturated carbocycles. The first-order valence-electron chi connectivity index (χ1n) is 9.09. The number of imidazole rings is 1. The maximum absolute atomic E-state index is 5.67. The van der Waals surface area contributed by atoms with Crippen LogP contribution < -0.4 is 10.1 Å². The van der Waals surface area contributed by atoms with Crippen LogP contribution in [0.25, 0.3) is 16.7 Å². The lowest BCUT2D eigenvalue weighted by molar-refractivity contribution is 0.406. The zero-order chi connectivity index (χ0) is 19.1. The van der Waals surface area contributed by atoms with Crippen molar-refractivity contribution in [2.24, 2.45) is 0 Å². The van der Waals surface area contributed by atoms with Crippen molar-refractivity contribution in [1.82, 2.24) is 9.55 Å². The van der Waals surface area contributed by atoms with Crippen LogP contribution in [0.5, 0.6) is 5.75 Å². The van der Waals surface area contributed by atoms with Gasteiger partial charge in [-0.05, 0) is 42.0 Å². The van der Waals surface area contributed by atoms with Gasteiger partial charge in [0.2, 0.25) is 5.95 Å². The molecular weight excluding hydrogens is 414 g/mol. The molecule has 3 aromatic carbocycles. The number of aromatic nitrogens is 2. The first-order valence-corrected chi connectivity index (χ1v) is 9.88. The Kier molecular flexibility index (Phi) is 4.17. The predicted molar refractivity (Wildman–Crippen MR) is 117 cm³/mol. The van der Waals surface area contributed by atoms with Gasteiger partial charge >= 0.3 is 0 Å². The Hall–Kier alpha value is -3.05. The van der Waals surface area contributed by atoms with Gasteiger partial charge < -0.3 is 10.1 Å². The Bertz CT molecular complexity index is 1190. The van der Waals surface area contributed by atoms with E-state index in [4.69, 9.17) is 9.72 Å². The monoisotopic (exact) mass is 431 g/mol. The molecule has 1 aliphatic heterocycles. The third kappa shape index (κ3) is 2.79. The molecule has 1 aromatic heterocycles. The molecule has 1 atom stereocenters. The molecule has 0 amide bonds. The Labute approximate surface area is 171 Å². The summed E-state index contributed by atoms with van der Waals surface area (Å²) < 4.78 is 8.96. The minimum absolute atomic E-state index is 0.0292. The van der Waals surface area contributed by atoms with Crippen molar-refractivity contribution in [2.45, 2.75) is 6.04 Å². The van der Waals surface area contributed by atoms with Crippen molar-refractivity contribution in [1.29, 1.82) is 0 Å². The summed E-state index contributed by atoms with van der Waals surface area (Å²) in [4.78, 5) is 4.84. The molecule has 5 heteroatoms. The summed E-state index contributed by atoms with van der Waals surface area (Å²) in [5.74, 6) is 1.70. The molecule has 0 bridgehead atoms. The zero-order valence-corrected chi connectivity index (χ0v) is 16.8. The van der Waals surface area contributed by atoms with Crippen molar-refractivity contribution >= 4 is 38.6 Å². The minimum atomic E-state index is -0.0292. The number of rotatable bonds is 3. The molecule has 0 unspecified atom stereocenters. The van der Waals surface area contributed by atoms with Crippen LogP contribution in [0.3, 0.4) is 0 Å². The van der Waals surface area contributed by atoms with Crippen molar-refractivity contribution < 1.29 is 4.74 Å². The van der Waals surface area contributed by atoms with Crippen LogP contribution >= 0.6 is 15.9 Å². The summed E-state index contributed by atoms with van der Waals surface area (Å²) in [7, 11) is 1.71. The number of methoxy groups -OCH3 is 1. The van der Waals surface area contributed by atoms with Gasteiger partial charge in [0, 0.05) is 15.7 Å². The number of fused-ring (bicyclic) bond motifs is 3. The van der Waals surface area contributed by atoms with Gasteiger partial charge in [0.15, 0.2) is 0 Å². The Morgan fingerprint density at radius 3 is 2.54 bits per heavy atom. The molecule has 0 saturated heterocycles. The van der Waals surface area contributed by atoms with Crippen LogP contribution in [0.2, 0.25) is 0 Å². The Balaban J connectivity index is 1.74. The summed E-state index contributed by atoms with van der Waals surface area (Å²) >= 11 is 3.51. The summed E-state index contributed by atoms with van der Waals surface area (Å²) in [6.07, 6.45) is 2.24. The van der Waals surface area contributed by atoms with Gasteiger partial charge in [-0.25, -0.2) is 4.98 Å². The average Bonchev–Trinajstić information content (AvgIpc) is 3.12. The van der Waals surface area contributed by atoms with Gasteiger partial charge in [-0.1, -0.05) is 58.4 Å². The molecule has 0 spiro atoms. The average molecular weight is 432 g/mol. The van der Waals surface area contributed by atoms with Crippen LogP contribution in [-0.2, 0) is 0 Å². The third-order valence-corrected chi connectivity index (χ3v) is 5.59. The first-order chi connectivity index (χ1) is 13.7. The second-order valence-electron chi connectivity index (χ2n) is 6.69. The maximum atomic E-state index is 5.67. The van der Waals surface area contributed by atoms with E-state index in [0.29, 0.717) is 0 Å². The summed E-state index contributed by atoms with van der Waals surface area (Å²) in [6.45, 7) is 0. The Morgan fingerprint density at radius 2 is 1.71 bits per heavy atom. The van der Waals surface area contributed by atoms with Crippen LogP contribution in [-0.4, -0.2) is 16.7 Å². The second-order valence-corrected chi connectivity index (χ2v) is 7.61. The molecule has 28 heavy (non-hydrogen) atoms. The molecule has 138 valence electrons. The van der Waals surface area contributed by atoms with E-state index < -0.39 is 0 Å². The van der Waals surface area contributed by atoms with E-state index in [9.17, 15) is 0 Å². The summed E-state index contributed by atoms with van der Waals surface area (Å²) in [5, 5.41) is 3.52. The molecule has 0 fully saturated rings. The Morgan fingerprint density at radius 1 is 0.964 bits per heavy atom. The van der Waals surface area contributed by atoms with E-state index in [0.717, 1.165) is 44.0 Å². The lowest BCUT2D eigenvalue weighted by Crippen LogP contribution is -2.19. The van der Waals surface area contributed by atoms with Gasteiger partial charge in [-0.2, -0.15) is 0 Å². The molecule has 0 aliphatic carbocycles. The number of nitrogens with zero attached hydrogens (tertiary/aromatic N) is 2. The molecular formula is C23H18BrN3O. The van der Waals surface area contributed by atoms with Crippen molar-refractivity contribution in [3.05, 3.63) is 94.5 Å². The highest BCUT2D eigenvalue weighted by Crippen LogP contribution is 2.39. The van der Waals surface area contributed by atoms with E-state index in [2.05, 4.69) is 56.2 Å². The highest BCUT2D eigenvalue weighted by Gasteiger charge is 2.27. The van der Waals surface area contributed by atoms with Crippen molar-refractivity contribution in [3.63, 3.8) is 0 Å². The second kappa shape index (κ2) is 6.84. The number of benzene rings is 3. The molecule has 5 rings (SSSR count). The standard InChI is InChI=1S/C23H18BrN3O/c1-28-22-9-5-2-6-17(22)21-14-19(15-10-12-16(24)13-11-15)26-23-25-18-7-3-4-8-20(18)27(21)23/h2-14,21H,1H3,(H,25,26)/t21-/m1/s1. The van der Waals surface area contributed by atoms with E-state index in [1.54, 1.807) is 7.11 Å². The normalized spacial score (nSPS) is 15.6. The number of halogens is 1. The van der Waals surface area contributed by atoms with Gasteiger partial charge in [-0.3, -0.25) is 4.57 Å². The SMILES string of the molecule is COc1ccccc1[C@H]1C=C(c2ccc(Br)cc2)Nc2nc3ccccc3n21. The fraction of sp³-hybridized carbons (Fsp3) is 0.0870.